The monoisotopic (exact) mass is 573 g/mol. The number of allylic oxidation sites excluding steroid dienone is 2. The standard InChI is InChI=1S/C29H51NO10/c1-9-12-23(34)21(29(39-8)26(37)17-33)13-22(19(5)27(38-7)24(35)15-31)30(6)14-20(10-2)18(4)28(40-11-3)25(36)16-32/h9,12-13,18-19,22,24-29,31-33,35-37H,2,11,14-17H2,1,3-8H3/b12-9+,21-13-/t18?,19?,22?,24-,25?,26+,27+,28-,29-/m0/s1. The van der Waals surface area contributed by atoms with Crippen LogP contribution in [0.3, 0.4) is 0 Å². The Bertz CT molecular complexity index is 841. The number of aliphatic hydroxyl groups excluding tert-OH is 6. The molecule has 0 aromatic carbocycles. The molecule has 0 saturated carbocycles. The Balaban J connectivity index is 6.88. The van der Waals surface area contributed by atoms with Crippen molar-refractivity contribution < 1.29 is 49.6 Å². The number of carbonyl (C=O) groups excluding carboxylic acids is 1. The predicted octanol–water partition coefficient (Wildman–Crippen LogP) is -0.163. The largest absolute Gasteiger partial charge is 0.394 e. The molecule has 0 saturated heterocycles. The predicted molar refractivity (Wildman–Crippen MR) is 152 cm³/mol. The van der Waals surface area contributed by atoms with Gasteiger partial charge in [-0.1, -0.05) is 32.6 Å². The van der Waals surface area contributed by atoms with Gasteiger partial charge in [-0.15, -0.1) is 5.73 Å². The molecular weight excluding hydrogens is 522 g/mol. The van der Waals surface area contributed by atoms with Crippen LogP contribution in [-0.2, 0) is 19.0 Å². The van der Waals surface area contributed by atoms with Crippen LogP contribution in [0, 0.1) is 11.8 Å². The zero-order chi connectivity index (χ0) is 31.0. The molecule has 11 heteroatoms. The van der Waals surface area contributed by atoms with Crippen LogP contribution in [0.2, 0.25) is 0 Å². The van der Waals surface area contributed by atoms with Gasteiger partial charge in [-0.25, -0.2) is 0 Å². The van der Waals surface area contributed by atoms with Crippen molar-refractivity contribution in [2.45, 2.75) is 70.4 Å². The Morgan fingerprint density at radius 2 is 1.52 bits per heavy atom. The topological polar surface area (TPSA) is 169 Å². The SMILES string of the molecule is C=C=C(CN(C)C(/C=C(/C(=O)/C=C/C)[C@H](OC)[C@H](O)CO)C(C)[C@@H](OC)[C@@H](O)CO)C(C)[C@H](OCC)C(O)CO. The average molecular weight is 574 g/mol. The minimum atomic E-state index is -1.39. The van der Waals surface area contributed by atoms with E-state index < -0.39 is 80.1 Å². The summed E-state index contributed by atoms with van der Waals surface area (Å²) in [6.07, 6.45) is -2.02. The van der Waals surface area contributed by atoms with E-state index in [0.717, 1.165) is 0 Å². The van der Waals surface area contributed by atoms with Crippen molar-refractivity contribution in [1.82, 2.24) is 4.90 Å². The maximum atomic E-state index is 13.2. The van der Waals surface area contributed by atoms with Crippen LogP contribution >= 0.6 is 0 Å². The van der Waals surface area contributed by atoms with Crippen molar-refractivity contribution in [3.63, 3.8) is 0 Å². The van der Waals surface area contributed by atoms with E-state index in [-0.39, 0.29) is 12.1 Å². The van der Waals surface area contributed by atoms with Gasteiger partial charge < -0.3 is 44.8 Å². The molecule has 232 valence electrons. The molecule has 40 heavy (non-hydrogen) atoms. The van der Waals surface area contributed by atoms with Crippen LogP contribution in [0.5, 0.6) is 0 Å². The molecule has 0 rings (SSSR count). The third kappa shape index (κ3) is 10.9. The first-order valence-electron chi connectivity index (χ1n) is 13.5. The highest BCUT2D eigenvalue weighted by molar-refractivity contribution is 6.04. The summed E-state index contributed by atoms with van der Waals surface area (Å²) in [7, 11) is 4.48. The fraction of sp³-hybridized carbons (Fsp3) is 0.724. The van der Waals surface area contributed by atoms with Crippen LogP contribution in [0.4, 0.5) is 0 Å². The lowest BCUT2D eigenvalue weighted by atomic mass is 9.86. The highest BCUT2D eigenvalue weighted by Gasteiger charge is 2.36. The summed E-state index contributed by atoms with van der Waals surface area (Å²) in [6, 6.07) is -0.650. The Labute approximate surface area is 238 Å². The number of rotatable bonds is 21. The fourth-order valence-electron chi connectivity index (χ4n) is 4.85. The molecule has 4 unspecified atom stereocenters. The van der Waals surface area contributed by atoms with Gasteiger partial charge in [0.15, 0.2) is 5.78 Å². The van der Waals surface area contributed by atoms with Gasteiger partial charge in [0.1, 0.15) is 24.4 Å². The molecule has 0 aromatic heterocycles. The Hall–Kier alpha value is -1.73. The van der Waals surface area contributed by atoms with Crippen LogP contribution in [0.1, 0.15) is 27.7 Å². The second-order valence-electron chi connectivity index (χ2n) is 9.77. The van der Waals surface area contributed by atoms with E-state index in [1.807, 2.05) is 11.8 Å². The Morgan fingerprint density at radius 1 is 0.975 bits per heavy atom. The van der Waals surface area contributed by atoms with Crippen molar-refractivity contribution in [3.8, 4) is 0 Å². The molecule has 0 radical (unpaired) electrons. The van der Waals surface area contributed by atoms with Crippen molar-refractivity contribution in [2.24, 2.45) is 11.8 Å². The fourth-order valence-corrected chi connectivity index (χ4v) is 4.85. The summed E-state index contributed by atoms with van der Waals surface area (Å²) in [5, 5.41) is 60.0. The number of hydrogen-bond donors (Lipinski definition) is 6. The second-order valence-corrected chi connectivity index (χ2v) is 9.77. The van der Waals surface area contributed by atoms with Crippen molar-refractivity contribution in [2.75, 3.05) is 54.2 Å². The maximum Gasteiger partial charge on any atom is 0.183 e. The summed E-state index contributed by atoms with van der Waals surface area (Å²) in [4.78, 5) is 15.0. The lowest BCUT2D eigenvalue weighted by Crippen LogP contribution is -2.48. The zero-order valence-corrected chi connectivity index (χ0v) is 24.9. The van der Waals surface area contributed by atoms with Gasteiger partial charge in [-0.3, -0.25) is 9.69 Å². The van der Waals surface area contributed by atoms with Gasteiger partial charge in [0.05, 0.1) is 32.0 Å². The van der Waals surface area contributed by atoms with Crippen molar-refractivity contribution in [1.29, 1.82) is 0 Å². The Morgan fingerprint density at radius 3 is 1.95 bits per heavy atom. The van der Waals surface area contributed by atoms with Gasteiger partial charge >= 0.3 is 0 Å². The quantitative estimate of drug-likeness (QED) is 0.0797. The molecule has 0 aromatic rings. The van der Waals surface area contributed by atoms with Crippen LogP contribution in [-0.4, -0.2) is 138 Å². The molecule has 0 aliphatic carbocycles. The first-order valence-corrected chi connectivity index (χ1v) is 13.5. The normalized spacial score (nSPS) is 19.4. The first-order chi connectivity index (χ1) is 18.9. The lowest BCUT2D eigenvalue weighted by Gasteiger charge is -2.38. The number of hydrogen-bond acceptors (Lipinski definition) is 11. The average Bonchev–Trinajstić information content (AvgIpc) is 2.95. The lowest BCUT2D eigenvalue weighted by molar-refractivity contribution is -0.114. The number of aliphatic hydroxyl groups is 6. The Kier molecular flexibility index (Phi) is 19.3. The maximum absolute atomic E-state index is 13.2. The summed E-state index contributed by atoms with van der Waals surface area (Å²) >= 11 is 0. The number of likely N-dealkylation sites (N-methyl/N-ethyl adjacent to an activating group) is 1. The van der Waals surface area contributed by atoms with E-state index in [0.29, 0.717) is 12.2 Å². The van der Waals surface area contributed by atoms with E-state index in [9.17, 15) is 35.4 Å². The first kappa shape index (κ1) is 38.3. The van der Waals surface area contributed by atoms with Gasteiger partial charge in [-0.05, 0) is 32.5 Å². The number of methoxy groups -OCH3 is 2. The summed E-state index contributed by atoms with van der Waals surface area (Å²) in [5.74, 6) is -1.38. The van der Waals surface area contributed by atoms with Gasteiger partial charge in [-0.2, -0.15) is 0 Å². The minimum Gasteiger partial charge on any atom is -0.394 e. The summed E-state index contributed by atoms with van der Waals surface area (Å²) < 4.78 is 16.7. The highest BCUT2D eigenvalue weighted by atomic mass is 16.5. The van der Waals surface area contributed by atoms with Crippen molar-refractivity contribution >= 4 is 5.78 Å². The molecule has 11 nitrogen and oxygen atoms in total. The molecular formula is C29H51NO10. The van der Waals surface area contributed by atoms with E-state index in [2.05, 4.69) is 12.3 Å². The molecule has 0 bridgehead atoms. The molecule has 0 aliphatic rings. The van der Waals surface area contributed by atoms with Crippen LogP contribution in [0.15, 0.2) is 41.7 Å². The van der Waals surface area contributed by atoms with Crippen LogP contribution in [0.25, 0.3) is 0 Å². The number of ketones is 1. The molecule has 0 aliphatic heterocycles. The number of nitrogens with zero attached hydrogens (tertiary/aromatic N) is 1. The third-order valence-corrected chi connectivity index (χ3v) is 7.07. The van der Waals surface area contributed by atoms with Gasteiger partial charge in [0.2, 0.25) is 0 Å². The van der Waals surface area contributed by atoms with Crippen molar-refractivity contribution in [3.05, 3.63) is 41.7 Å². The van der Waals surface area contributed by atoms with E-state index in [1.165, 1.54) is 20.3 Å². The smallest absolute Gasteiger partial charge is 0.183 e. The summed E-state index contributed by atoms with van der Waals surface area (Å²) in [6.45, 7) is 9.69. The van der Waals surface area contributed by atoms with E-state index >= 15 is 0 Å². The zero-order valence-electron chi connectivity index (χ0n) is 24.9. The minimum absolute atomic E-state index is 0.0827. The van der Waals surface area contributed by atoms with Gasteiger partial charge in [0.25, 0.3) is 0 Å². The highest BCUT2D eigenvalue weighted by Crippen LogP contribution is 2.27. The summed E-state index contributed by atoms with van der Waals surface area (Å²) in [5.41, 5.74) is 3.65. The molecule has 9 atom stereocenters. The molecule has 0 fully saturated rings. The molecule has 0 heterocycles. The molecule has 0 spiro atoms. The molecule has 6 N–H and O–H groups in total. The number of carbonyl (C=O) groups is 1. The number of ether oxygens (including phenoxy) is 3. The van der Waals surface area contributed by atoms with E-state index in [1.54, 1.807) is 40.0 Å². The third-order valence-electron chi connectivity index (χ3n) is 7.07. The van der Waals surface area contributed by atoms with E-state index in [4.69, 9.17) is 14.2 Å². The van der Waals surface area contributed by atoms with Crippen LogP contribution < -0.4 is 0 Å². The van der Waals surface area contributed by atoms with Gasteiger partial charge in [0, 0.05) is 50.8 Å². The second kappa shape index (κ2) is 20.2. The molecule has 0 amide bonds.